The number of rotatable bonds is 3. The summed E-state index contributed by atoms with van der Waals surface area (Å²) in [6, 6.07) is 0. The van der Waals surface area contributed by atoms with Gasteiger partial charge in [0.05, 0.1) is 6.20 Å². The third-order valence-electron chi connectivity index (χ3n) is 3.69. The van der Waals surface area contributed by atoms with Gasteiger partial charge in [0.15, 0.2) is 11.5 Å². The van der Waals surface area contributed by atoms with Crippen molar-refractivity contribution < 1.29 is 0 Å². The van der Waals surface area contributed by atoms with Gasteiger partial charge in [0, 0.05) is 32.0 Å². The molecule has 0 saturated carbocycles. The van der Waals surface area contributed by atoms with E-state index in [9.17, 15) is 0 Å². The molecule has 0 unspecified atom stereocenters. The maximum atomic E-state index is 4.74. The number of nitrogens with zero attached hydrogens (tertiary/aromatic N) is 4. The third-order valence-corrected chi connectivity index (χ3v) is 3.69. The van der Waals surface area contributed by atoms with E-state index < -0.39 is 0 Å². The molecule has 2 aromatic rings. The van der Waals surface area contributed by atoms with E-state index in [1.165, 1.54) is 6.42 Å². The van der Waals surface area contributed by atoms with Crippen molar-refractivity contribution in [2.45, 2.75) is 27.2 Å². The Bertz CT molecular complexity index is 587. The van der Waals surface area contributed by atoms with E-state index in [0.29, 0.717) is 5.41 Å². The second kappa shape index (κ2) is 4.40. The molecule has 1 aliphatic heterocycles. The van der Waals surface area contributed by atoms with Gasteiger partial charge in [0.2, 0.25) is 0 Å². The van der Waals surface area contributed by atoms with Crippen LogP contribution in [0.1, 0.15) is 27.2 Å². The van der Waals surface area contributed by atoms with E-state index in [0.717, 1.165) is 36.9 Å². The zero-order chi connectivity index (χ0) is 13.5. The molecule has 5 heteroatoms. The van der Waals surface area contributed by atoms with Crippen LogP contribution in [0, 0.1) is 5.41 Å². The van der Waals surface area contributed by atoms with Crippen LogP contribution in [0.5, 0.6) is 0 Å². The molecule has 1 saturated heterocycles. The number of hydrogen-bond donors (Lipinski definition) is 1. The highest BCUT2D eigenvalue weighted by molar-refractivity contribution is 5.67. The monoisotopic (exact) mass is 259 g/mol. The summed E-state index contributed by atoms with van der Waals surface area (Å²) in [6.07, 6.45) is 7.00. The van der Waals surface area contributed by atoms with Crippen LogP contribution >= 0.6 is 0 Å². The molecule has 19 heavy (non-hydrogen) atoms. The number of hydrogen-bond acceptors (Lipinski definition) is 4. The average molecular weight is 259 g/mol. The van der Waals surface area contributed by atoms with Crippen LogP contribution in [-0.2, 0) is 0 Å². The van der Waals surface area contributed by atoms with E-state index in [2.05, 4.69) is 36.0 Å². The second-order valence-electron chi connectivity index (χ2n) is 5.97. The normalized spacial score (nSPS) is 18.2. The van der Waals surface area contributed by atoms with Gasteiger partial charge < -0.3 is 14.6 Å². The molecule has 0 bridgehead atoms. The number of anilines is 2. The average Bonchev–Trinajstić information content (AvgIpc) is 2.94. The molecule has 3 heterocycles. The molecule has 1 N–H and O–H groups in total. The van der Waals surface area contributed by atoms with Crippen LogP contribution in [0.25, 0.3) is 5.65 Å². The molecular weight excluding hydrogens is 238 g/mol. The second-order valence-corrected chi connectivity index (χ2v) is 5.97. The molecule has 5 nitrogen and oxygen atoms in total. The minimum atomic E-state index is 0.361. The first-order valence-corrected chi connectivity index (χ1v) is 6.91. The van der Waals surface area contributed by atoms with Crippen LogP contribution in [0.3, 0.4) is 0 Å². The van der Waals surface area contributed by atoms with Crippen molar-refractivity contribution >= 4 is 17.3 Å². The fourth-order valence-corrected chi connectivity index (χ4v) is 2.69. The van der Waals surface area contributed by atoms with Crippen molar-refractivity contribution in [1.29, 1.82) is 0 Å². The summed E-state index contributed by atoms with van der Waals surface area (Å²) in [5.74, 6) is 1.90. The molecule has 3 rings (SSSR count). The predicted molar refractivity (Wildman–Crippen MR) is 77.8 cm³/mol. The lowest BCUT2D eigenvalue weighted by atomic mass is 9.93. The summed E-state index contributed by atoms with van der Waals surface area (Å²) < 4.78 is 2.05. The van der Waals surface area contributed by atoms with Gasteiger partial charge in [-0.3, -0.25) is 0 Å². The van der Waals surface area contributed by atoms with Gasteiger partial charge in [-0.05, 0) is 18.8 Å². The van der Waals surface area contributed by atoms with Gasteiger partial charge in [-0.25, -0.2) is 9.97 Å². The van der Waals surface area contributed by atoms with E-state index in [-0.39, 0.29) is 0 Å². The Morgan fingerprint density at radius 3 is 2.95 bits per heavy atom. The predicted octanol–water partition coefficient (Wildman–Crippen LogP) is 2.40. The van der Waals surface area contributed by atoms with Crippen LogP contribution in [0.4, 0.5) is 11.6 Å². The van der Waals surface area contributed by atoms with Crippen LogP contribution < -0.4 is 10.2 Å². The first-order chi connectivity index (χ1) is 9.09. The molecule has 0 amide bonds. The highest BCUT2D eigenvalue weighted by Crippen LogP contribution is 2.33. The zero-order valence-corrected chi connectivity index (χ0v) is 11.8. The highest BCUT2D eigenvalue weighted by atomic mass is 15.3. The van der Waals surface area contributed by atoms with Gasteiger partial charge in [0.25, 0.3) is 0 Å². The maximum absolute atomic E-state index is 4.74. The summed E-state index contributed by atoms with van der Waals surface area (Å²) in [7, 11) is 0. The molecule has 102 valence electrons. The molecule has 1 fully saturated rings. The first kappa shape index (κ1) is 12.3. The SMILES string of the molecule is CCNc1cn2ccnc2c(N2CCC(C)(C)C2)n1. The molecule has 0 aliphatic carbocycles. The lowest BCUT2D eigenvalue weighted by molar-refractivity contribution is 0.418. The fourth-order valence-electron chi connectivity index (χ4n) is 2.69. The van der Waals surface area contributed by atoms with E-state index in [1.54, 1.807) is 0 Å². The van der Waals surface area contributed by atoms with Crippen molar-refractivity contribution in [2.24, 2.45) is 5.41 Å². The topological polar surface area (TPSA) is 45.5 Å². The summed E-state index contributed by atoms with van der Waals surface area (Å²) in [5.41, 5.74) is 1.30. The van der Waals surface area contributed by atoms with Crippen LogP contribution in [0.2, 0.25) is 0 Å². The number of imidazole rings is 1. The maximum Gasteiger partial charge on any atom is 0.180 e. The molecule has 0 spiro atoms. The van der Waals surface area contributed by atoms with Gasteiger partial charge in [-0.1, -0.05) is 13.8 Å². The largest absolute Gasteiger partial charge is 0.369 e. The minimum Gasteiger partial charge on any atom is -0.369 e. The Kier molecular flexibility index (Phi) is 2.84. The molecule has 1 aliphatic rings. The Hall–Kier alpha value is -1.78. The van der Waals surface area contributed by atoms with Crippen molar-refractivity contribution in [3.05, 3.63) is 18.6 Å². The summed E-state index contributed by atoms with van der Waals surface area (Å²) >= 11 is 0. The molecular formula is C14H21N5. The summed E-state index contributed by atoms with van der Waals surface area (Å²) in [5, 5.41) is 3.29. The smallest absolute Gasteiger partial charge is 0.180 e. The van der Waals surface area contributed by atoms with Gasteiger partial charge in [-0.2, -0.15) is 0 Å². The highest BCUT2D eigenvalue weighted by Gasteiger charge is 2.31. The van der Waals surface area contributed by atoms with E-state index >= 15 is 0 Å². The molecule has 2 aromatic heterocycles. The Labute approximate surface area is 113 Å². The number of aromatic nitrogens is 3. The third kappa shape index (κ3) is 2.25. The van der Waals surface area contributed by atoms with Crippen molar-refractivity contribution in [3.8, 4) is 0 Å². The van der Waals surface area contributed by atoms with E-state index in [4.69, 9.17) is 4.98 Å². The van der Waals surface area contributed by atoms with Crippen molar-refractivity contribution in [1.82, 2.24) is 14.4 Å². The zero-order valence-electron chi connectivity index (χ0n) is 11.8. The standard InChI is InChI=1S/C14H21N5/c1-4-15-11-9-18-8-6-16-12(18)13(17-11)19-7-5-14(2,3)10-19/h6,8-9,15H,4-5,7,10H2,1-3H3. The fraction of sp³-hybridized carbons (Fsp3) is 0.571. The summed E-state index contributed by atoms with van der Waals surface area (Å²) in [4.78, 5) is 11.5. The van der Waals surface area contributed by atoms with Gasteiger partial charge in [-0.15, -0.1) is 0 Å². The lowest BCUT2D eigenvalue weighted by Crippen LogP contribution is -2.24. The summed E-state index contributed by atoms with van der Waals surface area (Å²) in [6.45, 7) is 9.67. The molecule has 0 atom stereocenters. The van der Waals surface area contributed by atoms with E-state index in [1.807, 2.05) is 23.0 Å². The number of nitrogens with one attached hydrogen (secondary N) is 1. The minimum absolute atomic E-state index is 0.361. The van der Waals surface area contributed by atoms with Crippen molar-refractivity contribution in [2.75, 3.05) is 29.9 Å². The first-order valence-electron chi connectivity index (χ1n) is 6.91. The quantitative estimate of drug-likeness (QED) is 0.919. The molecule has 0 aromatic carbocycles. The van der Waals surface area contributed by atoms with Crippen LogP contribution in [0.15, 0.2) is 18.6 Å². The lowest BCUT2D eigenvalue weighted by Gasteiger charge is -2.21. The van der Waals surface area contributed by atoms with Crippen LogP contribution in [-0.4, -0.2) is 34.0 Å². The Balaban J connectivity index is 2.03. The van der Waals surface area contributed by atoms with Gasteiger partial charge in [0.1, 0.15) is 5.82 Å². The van der Waals surface area contributed by atoms with Crippen molar-refractivity contribution in [3.63, 3.8) is 0 Å². The Morgan fingerprint density at radius 1 is 1.42 bits per heavy atom. The Morgan fingerprint density at radius 2 is 2.26 bits per heavy atom. The molecule has 0 radical (unpaired) electrons. The number of fused-ring (bicyclic) bond motifs is 1. The van der Waals surface area contributed by atoms with Gasteiger partial charge >= 0.3 is 0 Å².